The second-order valence-electron chi connectivity index (χ2n) is 5.04. The highest BCUT2D eigenvalue weighted by atomic mass is 35.5. The van der Waals surface area contributed by atoms with Crippen molar-refractivity contribution in [1.82, 2.24) is 9.78 Å². The number of carbonyl (C=O) groups is 1. The van der Waals surface area contributed by atoms with Crippen molar-refractivity contribution < 1.29 is 9.53 Å². The molecule has 1 N–H and O–H groups in total. The minimum absolute atomic E-state index is 0.302. The minimum atomic E-state index is -0.302. The van der Waals surface area contributed by atoms with E-state index >= 15 is 0 Å². The van der Waals surface area contributed by atoms with Crippen molar-refractivity contribution in [2.45, 2.75) is 13.8 Å². The van der Waals surface area contributed by atoms with E-state index < -0.39 is 0 Å². The number of halogens is 2. The number of carbonyl (C=O) groups excluding carboxylic acids is 1. The summed E-state index contributed by atoms with van der Waals surface area (Å²) in [5.41, 5.74) is 2.86. The minimum Gasteiger partial charge on any atom is -0.495 e. The van der Waals surface area contributed by atoms with Gasteiger partial charge in [-0.1, -0.05) is 23.2 Å². The van der Waals surface area contributed by atoms with Crippen LogP contribution in [0.25, 0.3) is 6.08 Å². The maximum Gasteiger partial charge on any atom is 0.248 e. The van der Waals surface area contributed by atoms with E-state index in [0.29, 0.717) is 27.2 Å². The van der Waals surface area contributed by atoms with E-state index in [-0.39, 0.29) is 5.91 Å². The van der Waals surface area contributed by atoms with Gasteiger partial charge >= 0.3 is 0 Å². The van der Waals surface area contributed by atoms with E-state index in [1.165, 1.54) is 13.2 Å². The molecule has 1 amide bonds. The van der Waals surface area contributed by atoms with Gasteiger partial charge in [0.1, 0.15) is 10.9 Å². The molecule has 0 fully saturated rings. The Labute approximate surface area is 144 Å². The number of hydrogen-bond acceptors (Lipinski definition) is 3. The highest BCUT2D eigenvalue weighted by Gasteiger charge is 2.11. The predicted octanol–water partition coefficient (Wildman–Crippen LogP) is 4.00. The van der Waals surface area contributed by atoms with E-state index in [9.17, 15) is 4.79 Å². The zero-order valence-electron chi connectivity index (χ0n) is 13.3. The van der Waals surface area contributed by atoms with Crippen molar-refractivity contribution >= 4 is 40.9 Å². The molecule has 0 aliphatic heterocycles. The molecule has 5 nitrogen and oxygen atoms in total. The zero-order chi connectivity index (χ0) is 17.1. The Bertz CT molecular complexity index is 782. The number of hydrogen-bond donors (Lipinski definition) is 1. The molecule has 23 heavy (non-hydrogen) atoms. The number of ether oxygens (including phenoxy) is 1. The summed E-state index contributed by atoms with van der Waals surface area (Å²) < 4.78 is 6.78. The molecule has 0 unspecified atom stereocenters. The van der Waals surface area contributed by atoms with Crippen LogP contribution in [0.15, 0.2) is 18.2 Å². The van der Waals surface area contributed by atoms with Gasteiger partial charge in [-0.3, -0.25) is 9.48 Å². The molecule has 0 spiro atoms. The Hall–Kier alpha value is -1.98. The lowest BCUT2D eigenvalue weighted by atomic mass is 10.2. The van der Waals surface area contributed by atoms with Gasteiger partial charge in [0, 0.05) is 29.8 Å². The third-order valence-corrected chi connectivity index (χ3v) is 4.19. The third-order valence-electron chi connectivity index (χ3n) is 3.34. The summed E-state index contributed by atoms with van der Waals surface area (Å²) in [5, 5.41) is 8.01. The van der Waals surface area contributed by atoms with Gasteiger partial charge in [0.2, 0.25) is 5.91 Å². The number of methoxy groups -OCH3 is 1. The van der Waals surface area contributed by atoms with Gasteiger partial charge in [0.15, 0.2) is 0 Å². The van der Waals surface area contributed by atoms with Crippen LogP contribution in [-0.4, -0.2) is 22.8 Å². The summed E-state index contributed by atoms with van der Waals surface area (Å²) in [6.45, 7) is 3.68. The number of benzene rings is 1. The molecule has 122 valence electrons. The zero-order valence-corrected chi connectivity index (χ0v) is 14.8. The molecule has 0 radical (unpaired) electrons. The number of aryl methyl sites for hydroxylation is 3. The molecule has 7 heteroatoms. The van der Waals surface area contributed by atoms with Gasteiger partial charge in [-0.25, -0.2) is 0 Å². The Kier molecular flexibility index (Phi) is 5.34. The van der Waals surface area contributed by atoms with Crippen LogP contribution in [0.3, 0.4) is 0 Å². The van der Waals surface area contributed by atoms with Crippen LogP contribution in [0.5, 0.6) is 5.75 Å². The number of nitrogens with one attached hydrogen (secondary N) is 1. The molecule has 1 heterocycles. The number of amides is 1. The summed E-state index contributed by atoms with van der Waals surface area (Å²) in [4.78, 5) is 12.1. The second-order valence-corrected chi connectivity index (χ2v) is 5.80. The fraction of sp³-hybridized carbons (Fsp3) is 0.250. The van der Waals surface area contributed by atoms with Crippen molar-refractivity contribution in [3.05, 3.63) is 45.2 Å². The molecular weight excluding hydrogens is 337 g/mol. The Morgan fingerprint density at radius 1 is 1.35 bits per heavy atom. The van der Waals surface area contributed by atoms with Crippen LogP contribution in [-0.2, 0) is 11.8 Å². The summed E-state index contributed by atoms with van der Waals surface area (Å²) in [7, 11) is 3.26. The monoisotopic (exact) mass is 353 g/mol. The van der Waals surface area contributed by atoms with Crippen molar-refractivity contribution in [2.24, 2.45) is 7.05 Å². The number of aromatic nitrogens is 2. The molecule has 1 aromatic heterocycles. The number of nitrogens with zero attached hydrogens (tertiary/aromatic N) is 2. The third kappa shape index (κ3) is 3.86. The molecule has 2 aromatic rings. The van der Waals surface area contributed by atoms with Crippen LogP contribution in [0.2, 0.25) is 10.2 Å². The number of rotatable bonds is 4. The van der Waals surface area contributed by atoms with Crippen LogP contribution in [0.4, 0.5) is 5.69 Å². The standard InChI is InChI=1S/C16H17Cl2N3O2/c1-9-7-13(14(23-4)8-12(9)17)19-15(22)6-5-11-10(2)20-21(3)16(11)18/h5-8H,1-4H3,(H,19,22)/b6-5+. The maximum absolute atomic E-state index is 12.1. The van der Waals surface area contributed by atoms with Crippen molar-refractivity contribution in [2.75, 3.05) is 12.4 Å². The van der Waals surface area contributed by atoms with Gasteiger partial charge in [-0.15, -0.1) is 0 Å². The predicted molar refractivity (Wildman–Crippen MR) is 93.4 cm³/mol. The summed E-state index contributed by atoms with van der Waals surface area (Å²) in [5.74, 6) is 0.197. The molecule has 0 saturated heterocycles. The first-order chi connectivity index (χ1) is 10.8. The Balaban J connectivity index is 2.20. The lowest BCUT2D eigenvalue weighted by Crippen LogP contribution is -2.09. The lowest BCUT2D eigenvalue weighted by molar-refractivity contribution is -0.111. The molecule has 2 rings (SSSR count). The summed E-state index contributed by atoms with van der Waals surface area (Å²) >= 11 is 12.2. The lowest BCUT2D eigenvalue weighted by Gasteiger charge is -2.11. The Morgan fingerprint density at radius 3 is 2.61 bits per heavy atom. The van der Waals surface area contributed by atoms with E-state index in [2.05, 4.69) is 10.4 Å². The second kappa shape index (κ2) is 7.06. The fourth-order valence-corrected chi connectivity index (χ4v) is 2.49. The van der Waals surface area contributed by atoms with Crippen LogP contribution < -0.4 is 10.1 Å². The quantitative estimate of drug-likeness (QED) is 0.845. The van der Waals surface area contributed by atoms with E-state index in [1.807, 2.05) is 13.8 Å². The molecule has 1 aromatic carbocycles. The van der Waals surface area contributed by atoms with Gasteiger partial charge in [0.25, 0.3) is 0 Å². The summed E-state index contributed by atoms with van der Waals surface area (Å²) in [6, 6.07) is 3.42. The van der Waals surface area contributed by atoms with Crippen LogP contribution in [0.1, 0.15) is 16.8 Å². The van der Waals surface area contributed by atoms with Crippen molar-refractivity contribution in [3.8, 4) is 5.75 Å². The fourth-order valence-electron chi connectivity index (χ4n) is 2.10. The van der Waals surface area contributed by atoms with Crippen LogP contribution >= 0.6 is 23.2 Å². The van der Waals surface area contributed by atoms with Crippen molar-refractivity contribution in [3.63, 3.8) is 0 Å². The topological polar surface area (TPSA) is 56.1 Å². The normalized spacial score (nSPS) is 11.0. The average Bonchev–Trinajstić information content (AvgIpc) is 2.73. The smallest absolute Gasteiger partial charge is 0.248 e. The highest BCUT2D eigenvalue weighted by Crippen LogP contribution is 2.31. The van der Waals surface area contributed by atoms with Gasteiger partial charge < -0.3 is 10.1 Å². The first-order valence-electron chi connectivity index (χ1n) is 6.85. The van der Waals surface area contributed by atoms with E-state index in [1.54, 1.807) is 29.9 Å². The summed E-state index contributed by atoms with van der Waals surface area (Å²) in [6.07, 6.45) is 3.04. The highest BCUT2D eigenvalue weighted by molar-refractivity contribution is 6.32. The van der Waals surface area contributed by atoms with Gasteiger partial charge in [-0.05, 0) is 31.6 Å². The first kappa shape index (κ1) is 17.4. The SMILES string of the molecule is COc1cc(Cl)c(C)cc1NC(=O)/C=C/c1c(C)nn(C)c1Cl. The largest absolute Gasteiger partial charge is 0.495 e. The molecule has 0 aliphatic rings. The van der Waals surface area contributed by atoms with Crippen molar-refractivity contribution in [1.29, 1.82) is 0 Å². The molecule has 0 saturated carbocycles. The molecule has 0 bridgehead atoms. The average molecular weight is 354 g/mol. The van der Waals surface area contributed by atoms with Gasteiger partial charge in [0.05, 0.1) is 18.5 Å². The first-order valence-corrected chi connectivity index (χ1v) is 7.61. The van der Waals surface area contributed by atoms with E-state index in [0.717, 1.165) is 11.3 Å². The van der Waals surface area contributed by atoms with Crippen LogP contribution in [0, 0.1) is 13.8 Å². The van der Waals surface area contributed by atoms with E-state index in [4.69, 9.17) is 27.9 Å². The molecular formula is C16H17Cl2N3O2. The maximum atomic E-state index is 12.1. The number of anilines is 1. The Morgan fingerprint density at radius 2 is 2.04 bits per heavy atom. The molecule has 0 aliphatic carbocycles. The van der Waals surface area contributed by atoms with Gasteiger partial charge in [-0.2, -0.15) is 5.10 Å². The molecule has 0 atom stereocenters.